The van der Waals surface area contributed by atoms with Crippen molar-refractivity contribution in [3.05, 3.63) is 40.3 Å². The number of alkyl halides is 2. The third-order valence-electron chi connectivity index (χ3n) is 2.46. The van der Waals surface area contributed by atoms with E-state index in [1.165, 1.54) is 29.5 Å². The Morgan fingerprint density at radius 1 is 1.48 bits per heavy atom. The van der Waals surface area contributed by atoms with E-state index in [0.29, 0.717) is 18.7 Å². The minimum Gasteiger partial charge on any atom is -0.435 e. The molecule has 2 aromatic rings. The molecule has 0 atom stereocenters. The Morgan fingerprint density at radius 3 is 3.00 bits per heavy atom. The summed E-state index contributed by atoms with van der Waals surface area (Å²) in [5.74, 6) is -0.436. The molecule has 8 heteroatoms. The van der Waals surface area contributed by atoms with Gasteiger partial charge in [0.1, 0.15) is 11.4 Å². The molecule has 0 saturated carbocycles. The van der Waals surface area contributed by atoms with Gasteiger partial charge in [-0.1, -0.05) is 6.07 Å². The van der Waals surface area contributed by atoms with E-state index < -0.39 is 12.5 Å². The number of nitrogens with one attached hydrogen (secondary N) is 1. The third kappa shape index (κ3) is 4.47. The standard InChI is InChI=1S/C13H13F2N3O2S/c14-13(15)20-9-3-1-2-8(6-9)17-12(19)10-7-21-11(18-10)4-5-16/h1-3,6-7,13H,4-5,16H2,(H,17,19). The van der Waals surface area contributed by atoms with Gasteiger partial charge in [0.15, 0.2) is 0 Å². The summed E-state index contributed by atoms with van der Waals surface area (Å²) >= 11 is 1.35. The number of hydrogen-bond donors (Lipinski definition) is 2. The summed E-state index contributed by atoms with van der Waals surface area (Å²) in [4.78, 5) is 16.1. The molecule has 0 spiro atoms. The fourth-order valence-electron chi connectivity index (χ4n) is 1.60. The topological polar surface area (TPSA) is 77.2 Å². The van der Waals surface area contributed by atoms with Gasteiger partial charge in [-0.25, -0.2) is 4.98 Å². The highest BCUT2D eigenvalue weighted by molar-refractivity contribution is 7.09. The van der Waals surface area contributed by atoms with Gasteiger partial charge in [0.2, 0.25) is 0 Å². The van der Waals surface area contributed by atoms with Gasteiger partial charge in [0, 0.05) is 23.6 Å². The highest BCUT2D eigenvalue weighted by atomic mass is 32.1. The van der Waals surface area contributed by atoms with Crippen LogP contribution in [0.5, 0.6) is 5.75 Å². The van der Waals surface area contributed by atoms with E-state index in [4.69, 9.17) is 5.73 Å². The van der Waals surface area contributed by atoms with Crippen molar-refractivity contribution < 1.29 is 18.3 Å². The van der Waals surface area contributed by atoms with E-state index >= 15 is 0 Å². The Kier molecular flexibility index (Phi) is 5.18. The molecule has 0 bridgehead atoms. The van der Waals surface area contributed by atoms with Gasteiger partial charge >= 0.3 is 6.61 Å². The maximum absolute atomic E-state index is 12.1. The smallest absolute Gasteiger partial charge is 0.387 e. The molecular formula is C13H13F2N3O2S. The van der Waals surface area contributed by atoms with Crippen LogP contribution < -0.4 is 15.8 Å². The first-order valence-corrected chi connectivity index (χ1v) is 6.97. The Hall–Kier alpha value is -2.06. The maximum atomic E-state index is 12.1. The lowest BCUT2D eigenvalue weighted by Gasteiger charge is -2.07. The van der Waals surface area contributed by atoms with Gasteiger partial charge in [0.25, 0.3) is 5.91 Å². The lowest BCUT2D eigenvalue weighted by Crippen LogP contribution is -2.13. The molecule has 0 saturated heterocycles. The lowest BCUT2D eigenvalue weighted by atomic mass is 10.3. The van der Waals surface area contributed by atoms with Gasteiger partial charge in [-0.3, -0.25) is 4.79 Å². The van der Waals surface area contributed by atoms with Crippen LogP contribution in [0.2, 0.25) is 0 Å². The number of nitrogens with zero attached hydrogens (tertiary/aromatic N) is 1. The fraction of sp³-hybridized carbons (Fsp3) is 0.231. The van der Waals surface area contributed by atoms with Crippen molar-refractivity contribution in [2.24, 2.45) is 5.73 Å². The number of nitrogens with two attached hydrogens (primary N) is 1. The van der Waals surface area contributed by atoms with Crippen LogP contribution in [-0.4, -0.2) is 24.0 Å². The van der Waals surface area contributed by atoms with Crippen LogP contribution in [0, 0.1) is 0 Å². The summed E-state index contributed by atoms with van der Waals surface area (Å²) < 4.78 is 28.5. The molecule has 1 aromatic heterocycles. The van der Waals surface area contributed by atoms with Crippen molar-refractivity contribution in [1.82, 2.24) is 4.98 Å². The van der Waals surface area contributed by atoms with E-state index in [1.807, 2.05) is 0 Å². The van der Waals surface area contributed by atoms with Crippen LogP contribution >= 0.6 is 11.3 Å². The van der Waals surface area contributed by atoms with E-state index in [-0.39, 0.29) is 11.4 Å². The number of aromatic nitrogens is 1. The van der Waals surface area contributed by atoms with Crippen LogP contribution in [0.25, 0.3) is 0 Å². The predicted octanol–water partition coefficient (Wildman–Crippen LogP) is 2.50. The molecule has 5 nitrogen and oxygen atoms in total. The lowest BCUT2D eigenvalue weighted by molar-refractivity contribution is -0.0497. The summed E-state index contributed by atoms with van der Waals surface area (Å²) in [6.07, 6.45) is 0.607. The first-order chi connectivity index (χ1) is 10.1. The molecule has 112 valence electrons. The third-order valence-corrected chi connectivity index (χ3v) is 3.37. The zero-order chi connectivity index (χ0) is 15.2. The minimum absolute atomic E-state index is 0.0232. The van der Waals surface area contributed by atoms with E-state index in [2.05, 4.69) is 15.0 Å². The molecule has 0 unspecified atom stereocenters. The second kappa shape index (κ2) is 7.09. The number of hydrogen-bond acceptors (Lipinski definition) is 5. The molecule has 0 fully saturated rings. The summed E-state index contributed by atoms with van der Waals surface area (Å²) in [6, 6.07) is 5.78. The van der Waals surface area contributed by atoms with E-state index in [0.717, 1.165) is 5.01 Å². The molecular weight excluding hydrogens is 300 g/mol. The molecule has 1 heterocycles. The molecule has 2 rings (SSSR count). The number of halogens is 2. The molecule has 0 aliphatic heterocycles. The van der Waals surface area contributed by atoms with Crippen LogP contribution in [0.3, 0.4) is 0 Å². The van der Waals surface area contributed by atoms with Crippen LogP contribution in [-0.2, 0) is 6.42 Å². The van der Waals surface area contributed by atoms with Gasteiger partial charge in [0.05, 0.1) is 5.01 Å². The number of ether oxygens (including phenoxy) is 1. The Balaban J connectivity index is 2.04. The zero-order valence-electron chi connectivity index (χ0n) is 10.9. The van der Waals surface area contributed by atoms with Crippen molar-refractivity contribution in [1.29, 1.82) is 0 Å². The van der Waals surface area contributed by atoms with Crippen molar-refractivity contribution in [3.8, 4) is 5.75 Å². The Morgan fingerprint density at radius 2 is 2.29 bits per heavy atom. The monoisotopic (exact) mass is 313 g/mol. The van der Waals surface area contributed by atoms with E-state index in [1.54, 1.807) is 11.4 Å². The largest absolute Gasteiger partial charge is 0.435 e. The molecule has 0 radical (unpaired) electrons. The van der Waals surface area contributed by atoms with Crippen molar-refractivity contribution >= 4 is 22.9 Å². The van der Waals surface area contributed by atoms with Gasteiger partial charge < -0.3 is 15.8 Å². The summed E-state index contributed by atoms with van der Waals surface area (Å²) in [5, 5.41) is 4.98. The van der Waals surface area contributed by atoms with Gasteiger partial charge in [-0.2, -0.15) is 8.78 Å². The summed E-state index contributed by atoms with van der Waals surface area (Å²) in [5.41, 5.74) is 6.04. The SMILES string of the molecule is NCCc1nc(C(=O)Nc2cccc(OC(F)F)c2)cs1. The highest BCUT2D eigenvalue weighted by Crippen LogP contribution is 2.20. The average Bonchev–Trinajstić information content (AvgIpc) is 2.87. The molecule has 0 aliphatic carbocycles. The highest BCUT2D eigenvalue weighted by Gasteiger charge is 2.12. The van der Waals surface area contributed by atoms with Crippen LogP contribution in [0.15, 0.2) is 29.6 Å². The van der Waals surface area contributed by atoms with Crippen LogP contribution in [0.4, 0.5) is 14.5 Å². The number of anilines is 1. The normalized spacial score (nSPS) is 10.7. The summed E-state index contributed by atoms with van der Waals surface area (Å²) in [7, 11) is 0. The summed E-state index contributed by atoms with van der Waals surface area (Å²) in [6.45, 7) is -2.45. The quantitative estimate of drug-likeness (QED) is 0.859. The van der Waals surface area contributed by atoms with Crippen molar-refractivity contribution in [2.75, 3.05) is 11.9 Å². The maximum Gasteiger partial charge on any atom is 0.387 e. The molecule has 1 amide bonds. The second-order valence-electron chi connectivity index (χ2n) is 4.03. The number of carbonyl (C=O) groups excluding carboxylic acids is 1. The zero-order valence-corrected chi connectivity index (χ0v) is 11.7. The van der Waals surface area contributed by atoms with Gasteiger partial charge in [-0.15, -0.1) is 11.3 Å². The van der Waals surface area contributed by atoms with E-state index in [9.17, 15) is 13.6 Å². The minimum atomic E-state index is -2.91. The Labute approximate surface area is 123 Å². The van der Waals surface area contributed by atoms with Crippen molar-refractivity contribution in [2.45, 2.75) is 13.0 Å². The molecule has 21 heavy (non-hydrogen) atoms. The fourth-order valence-corrected chi connectivity index (χ4v) is 2.39. The molecule has 3 N–H and O–H groups in total. The first-order valence-electron chi connectivity index (χ1n) is 6.09. The van der Waals surface area contributed by atoms with Crippen LogP contribution in [0.1, 0.15) is 15.5 Å². The predicted molar refractivity (Wildman–Crippen MR) is 75.9 cm³/mol. The number of amides is 1. The molecule has 1 aromatic carbocycles. The first kappa shape index (κ1) is 15.3. The number of rotatable bonds is 6. The number of benzene rings is 1. The average molecular weight is 313 g/mol. The van der Waals surface area contributed by atoms with Gasteiger partial charge in [-0.05, 0) is 18.7 Å². The second-order valence-corrected chi connectivity index (χ2v) is 4.97. The number of carbonyl (C=O) groups is 1. The number of thiazole rings is 1. The van der Waals surface area contributed by atoms with Crippen molar-refractivity contribution in [3.63, 3.8) is 0 Å². The Bertz CT molecular complexity index is 619. The molecule has 0 aliphatic rings.